The van der Waals surface area contributed by atoms with Gasteiger partial charge in [0.2, 0.25) is 0 Å². The van der Waals surface area contributed by atoms with Gasteiger partial charge in [-0.25, -0.2) is 0 Å². The lowest BCUT2D eigenvalue weighted by molar-refractivity contribution is -0.142. The molecule has 1 atom stereocenters. The van der Waals surface area contributed by atoms with Crippen LogP contribution in [0, 0.1) is 6.92 Å². The maximum Gasteiger partial charge on any atom is 0.313 e. The number of ketones is 1. The summed E-state index contributed by atoms with van der Waals surface area (Å²) in [6.45, 7) is 1.92. The Morgan fingerprint density at radius 2 is 1.82 bits per heavy atom. The summed E-state index contributed by atoms with van der Waals surface area (Å²) in [6, 6.07) is 14.2. The van der Waals surface area contributed by atoms with Gasteiger partial charge in [0.25, 0.3) is 0 Å². The molecule has 0 heterocycles. The number of rotatable bonds is 5. The summed E-state index contributed by atoms with van der Waals surface area (Å²) in [6.07, 6.45) is 0.0672. The summed E-state index contributed by atoms with van der Waals surface area (Å²) < 4.78 is 4.83. The highest BCUT2D eigenvalue weighted by molar-refractivity contribution is 6.30. The van der Waals surface area contributed by atoms with Crippen molar-refractivity contribution in [2.75, 3.05) is 7.11 Å². The van der Waals surface area contributed by atoms with Gasteiger partial charge in [-0.15, -0.1) is 0 Å². The first-order chi connectivity index (χ1) is 10.5. The van der Waals surface area contributed by atoms with Gasteiger partial charge < -0.3 is 4.74 Å². The summed E-state index contributed by atoms with van der Waals surface area (Å²) >= 11 is 5.87. The highest BCUT2D eigenvalue weighted by Crippen LogP contribution is 2.25. The molecule has 2 aromatic rings. The number of aryl methyl sites for hydroxylation is 1. The maximum atomic E-state index is 12.4. The van der Waals surface area contributed by atoms with Gasteiger partial charge in [-0.3, -0.25) is 9.59 Å². The van der Waals surface area contributed by atoms with Crippen LogP contribution in [0.25, 0.3) is 0 Å². The third-order valence-corrected chi connectivity index (χ3v) is 3.74. The van der Waals surface area contributed by atoms with E-state index >= 15 is 0 Å². The molecule has 2 aromatic carbocycles. The van der Waals surface area contributed by atoms with Crippen LogP contribution in [0.2, 0.25) is 5.02 Å². The Labute approximate surface area is 134 Å². The fourth-order valence-corrected chi connectivity index (χ4v) is 2.42. The van der Waals surface area contributed by atoms with Crippen LogP contribution in [0.5, 0.6) is 0 Å². The number of hydrogen-bond donors (Lipinski definition) is 0. The first kappa shape index (κ1) is 16.2. The summed E-state index contributed by atoms with van der Waals surface area (Å²) in [5.41, 5.74) is 2.33. The van der Waals surface area contributed by atoms with Gasteiger partial charge in [-0.2, -0.15) is 0 Å². The van der Waals surface area contributed by atoms with E-state index in [0.717, 1.165) is 11.1 Å². The number of ether oxygens (including phenoxy) is 1. The number of esters is 1. The normalized spacial score (nSPS) is 11.8. The molecule has 0 radical (unpaired) electrons. The summed E-state index contributed by atoms with van der Waals surface area (Å²) in [7, 11) is 1.32. The van der Waals surface area contributed by atoms with Gasteiger partial charge in [-0.1, -0.05) is 47.5 Å². The van der Waals surface area contributed by atoms with E-state index in [0.29, 0.717) is 10.6 Å². The van der Waals surface area contributed by atoms with Crippen LogP contribution < -0.4 is 0 Å². The van der Waals surface area contributed by atoms with E-state index in [1.54, 1.807) is 30.3 Å². The molecule has 3 nitrogen and oxygen atoms in total. The topological polar surface area (TPSA) is 43.4 Å². The van der Waals surface area contributed by atoms with Gasteiger partial charge in [-0.05, 0) is 30.7 Å². The number of hydrogen-bond acceptors (Lipinski definition) is 3. The van der Waals surface area contributed by atoms with Crippen molar-refractivity contribution in [1.82, 2.24) is 0 Å². The molecule has 0 saturated carbocycles. The zero-order chi connectivity index (χ0) is 16.1. The monoisotopic (exact) mass is 316 g/mol. The van der Waals surface area contributed by atoms with Crippen molar-refractivity contribution < 1.29 is 14.3 Å². The average molecular weight is 317 g/mol. The van der Waals surface area contributed by atoms with Crippen molar-refractivity contribution in [3.05, 3.63) is 70.2 Å². The van der Waals surface area contributed by atoms with E-state index in [2.05, 4.69) is 0 Å². The van der Waals surface area contributed by atoms with Crippen LogP contribution in [-0.4, -0.2) is 18.9 Å². The van der Waals surface area contributed by atoms with Gasteiger partial charge in [0.05, 0.1) is 13.0 Å². The lowest BCUT2D eigenvalue weighted by Crippen LogP contribution is -2.18. The number of benzene rings is 2. The minimum atomic E-state index is -0.629. The van der Waals surface area contributed by atoms with Crippen molar-refractivity contribution in [1.29, 1.82) is 0 Å². The van der Waals surface area contributed by atoms with E-state index in [1.165, 1.54) is 7.11 Å². The predicted octanol–water partition coefficient (Wildman–Crippen LogP) is 4.18. The predicted molar refractivity (Wildman–Crippen MR) is 86.3 cm³/mol. The molecule has 1 unspecified atom stereocenters. The molecular formula is C18H17ClO3. The zero-order valence-corrected chi connectivity index (χ0v) is 13.3. The molecule has 0 spiro atoms. The summed E-state index contributed by atoms with van der Waals surface area (Å²) in [5.74, 6) is -1.15. The molecule has 0 aliphatic rings. The molecule has 0 bridgehead atoms. The third-order valence-electron chi connectivity index (χ3n) is 3.49. The molecule has 0 N–H and O–H groups in total. The van der Waals surface area contributed by atoms with Gasteiger partial charge in [0, 0.05) is 17.0 Å². The minimum Gasteiger partial charge on any atom is -0.469 e. The number of Topliss-reactive ketones (excluding diaryl/α,β-unsaturated/α-hetero) is 1. The zero-order valence-electron chi connectivity index (χ0n) is 12.5. The Morgan fingerprint density at radius 1 is 1.14 bits per heavy atom. The molecule has 0 amide bonds. The van der Waals surface area contributed by atoms with E-state index in [4.69, 9.17) is 16.3 Å². The van der Waals surface area contributed by atoms with E-state index in [9.17, 15) is 9.59 Å². The molecule has 2 rings (SSSR count). The number of methoxy groups -OCH3 is 1. The number of carbonyl (C=O) groups is 2. The quantitative estimate of drug-likeness (QED) is 0.614. The van der Waals surface area contributed by atoms with Crippen LogP contribution in [0.3, 0.4) is 0 Å². The number of carbonyl (C=O) groups excluding carboxylic acids is 2. The van der Waals surface area contributed by atoms with Gasteiger partial charge in [0.1, 0.15) is 0 Å². The lowest BCUT2D eigenvalue weighted by Gasteiger charge is -2.14. The third kappa shape index (κ3) is 3.95. The highest BCUT2D eigenvalue weighted by Gasteiger charge is 2.25. The molecule has 0 fully saturated rings. The van der Waals surface area contributed by atoms with Crippen LogP contribution in [0.4, 0.5) is 0 Å². The Balaban J connectivity index is 2.25. The summed E-state index contributed by atoms with van der Waals surface area (Å²) in [5, 5.41) is 0.581. The maximum absolute atomic E-state index is 12.4. The van der Waals surface area contributed by atoms with Crippen LogP contribution in [0.15, 0.2) is 48.5 Å². The van der Waals surface area contributed by atoms with Crippen molar-refractivity contribution in [3.63, 3.8) is 0 Å². The Hall–Kier alpha value is -2.13. The van der Waals surface area contributed by atoms with Crippen molar-refractivity contribution in [2.45, 2.75) is 19.3 Å². The molecule has 4 heteroatoms. The standard InChI is InChI=1S/C18H17ClO3/c1-12-4-3-5-14(10-12)17(20)11-16(18(21)22-2)13-6-8-15(19)9-7-13/h3-10,16H,11H2,1-2H3. The lowest BCUT2D eigenvalue weighted by atomic mass is 9.91. The van der Waals surface area contributed by atoms with Crippen LogP contribution in [-0.2, 0) is 9.53 Å². The van der Waals surface area contributed by atoms with E-state index in [-0.39, 0.29) is 12.2 Å². The molecule has 0 saturated heterocycles. The van der Waals surface area contributed by atoms with Gasteiger partial charge in [0.15, 0.2) is 5.78 Å². The van der Waals surface area contributed by atoms with Crippen molar-refractivity contribution in [2.24, 2.45) is 0 Å². The highest BCUT2D eigenvalue weighted by atomic mass is 35.5. The Morgan fingerprint density at radius 3 is 2.41 bits per heavy atom. The second kappa shape index (κ2) is 7.23. The first-order valence-electron chi connectivity index (χ1n) is 6.94. The van der Waals surface area contributed by atoms with E-state index < -0.39 is 11.9 Å². The SMILES string of the molecule is COC(=O)C(CC(=O)c1cccc(C)c1)c1ccc(Cl)cc1. The number of halogens is 1. The Bertz CT molecular complexity index is 677. The molecule has 114 valence electrons. The van der Waals surface area contributed by atoms with E-state index in [1.807, 2.05) is 25.1 Å². The molecule has 0 aromatic heterocycles. The fourth-order valence-electron chi connectivity index (χ4n) is 2.30. The molecule has 0 aliphatic carbocycles. The molecule has 22 heavy (non-hydrogen) atoms. The minimum absolute atomic E-state index is 0.0672. The van der Waals surface area contributed by atoms with Crippen molar-refractivity contribution in [3.8, 4) is 0 Å². The van der Waals surface area contributed by atoms with Crippen LogP contribution in [0.1, 0.15) is 33.8 Å². The van der Waals surface area contributed by atoms with Crippen molar-refractivity contribution >= 4 is 23.4 Å². The first-order valence-corrected chi connectivity index (χ1v) is 7.32. The average Bonchev–Trinajstić information content (AvgIpc) is 2.52. The summed E-state index contributed by atoms with van der Waals surface area (Å²) in [4.78, 5) is 24.5. The molecular weight excluding hydrogens is 300 g/mol. The van der Waals surface area contributed by atoms with Crippen LogP contribution >= 0.6 is 11.6 Å². The van der Waals surface area contributed by atoms with Gasteiger partial charge >= 0.3 is 5.97 Å². The fraction of sp³-hybridized carbons (Fsp3) is 0.222. The second-order valence-corrected chi connectivity index (χ2v) is 5.56. The largest absolute Gasteiger partial charge is 0.469 e. The second-order valence-electron chi connectivity index (χ2n) is 5.12. The smallest absolute Gasteiger partial charge is 0.313 e. The molecule has 0 aliphatic heterocycles. The Kier molecular flexibility index (Phi) is 5.34.